The molecule has 0 aromatic carbocycles. The molecule has 2 heterocycles. The van der Waals surface area contributed by atoms with E-state index in [-0.39, 0.29) is 0 Å². The molecule has 0 radical (unpaired) electrons. The minimum Gasteiger partial charge on any atom is -0.384 e. The number of hydrogen-bond donors (Lipinski definition) is 1. The number of nitrogens with one attached hydrogen (secondary N) is 1. The van der Waals surface area contributed by atoms with Gasteiger partial charge in [0.25, 0.3) is 0 Å². The second-order valence-corrected chi connectivity index (χ2v) is 7.13. The lowest BCUT2D eigenvalue weighted by molar-refractivity contribution is -0.0191. The minimum absolute atomic E-state index is 0.291. The molecular formula is C15H31N3O. The average Bonchev–Trinajstić information content (AvgIpc) is 2.35. The van der Waals surface area contributed by atoms with Crippen molar-refractivity contribution in [2.45, 2.75) is 32.2 Å². The first kappa shape index (κ1) is 15.2. The molecule has 0 aromatic rings. The third-order valence-corrected chi connectivity index (χ3v) is 5.07. The zero-order valence-electron chi connectivity index (χ0n) is 13.2. The van der Waals surface area contributed by atoms with Gasteiger partial charge < -0.3 is 10.1 Å². The van der Waals surface area contributed by atoms with Crippen LogP contribution in [0.1, 0.15) is 26.7 Å². The van der Waals surface area contributed by atoms with Crippen molar-refractivity contribution >= 4 is 0 Å². The molecule has 0 amide bonds. The van der Waals surface area contributed by atoms with Crippen molar-refractivity contribution in [1.29, 1.82) is 0 Å². The molecule has 0 unspecified atom stereocenters. The van der Waals surface area contributed by atoms with Crippen molar-refractivity contribution in [1.82, 2.24) is 15.1 Å². The van der Waals surface area contributed by atoms with Gasteiger partial charge in [-0.1, -0.05) is 0 Å². The molecule has 0 saturated carbocycles. The van der Waals surface area contributed by atoms with Crippen LogP contribution < -0.4 is 5.32 Å². The van der Waals surface area contributed by atoms with Crippen molar-refractivity contribution in [2.24, 2.45) is 5.41 Å². The zero-order chi connectivity index (χ0) is 13.9. The summed E-state index contributed by atoms with van der Waals surface area (Å²) in [5, 5.41) is 3.48. The highest BCUT2D eigenvalue weighted by molar-refractivity contribution is 4.93. The number of hydrogen-bond acceptors (Lipinski definition) is 4. The van der Waals surface area contributed by atoms with Gasteiger partial charge in [0.05, 0.1) is 6.61 Å². The lowest BCUT2D eigenvalue weighted by Gasteiger charge is -2.49. The van der Waals surface area contributed by atoms with Crippen LogP contribution in [0, 0.1) is 5.41 Å². The van der Waals surface area contributed by atoms with Gasteiger partial charge in [-0.25, -0.2) is 0 Å². The van der Waals surface area contributed by atoms with Gasteiger partial charge in [0, 0.05) is 44.2 Å². The summed E-state index contributed by atoms with van der Waals surface area (Å²) in [6.45, 7) is 12.6. The molecule has 2 rings (SSSR count). The number of piperazine rings is 1. The van der Waals surface area contributed by atoms with E-state index in [1.54, 1.807) is 0 Å². The Morgan fingerprint density at radius 2 is 1.84 bits per heavy atom. The van der Waals surface area contributed by atoms with Gasteiger partial charge in [0.2, 0.25) is 0 Å². The van der Waals surface area contributed by atoms with Crippen LogP contribution in [-0.2, 0) is 4.74 Å². The lowest BCUT2D eigenvalue weighted by atomic mass is 9.78. The molecule has 1 N–H and O–H groups in total. The first-order chi connectivity index (χ1) is 8.97. The molecule has 2 aliphatic rings. The first-order valence-electron chi connectivity index (χ1n) is 7.61. The van der Waals surface area contributed by atoms with Crippen LogP contribution in [0.5, 0.6) is 0 Å². The molecule has 19 heavy (non-hydrogen) atoms. The molecule has 0 atom stereocenters. The summed E-state index contributed by atoms with van der Waals surface area (Å²) in [4.78, 5) is 5.14. The Hall–Kier alpha value is -0.160. The van der Waals surface area contributed by atoms with Crippen LogP contribution >= 0.6 is 0 Å². The summed E-state index contributed by atoms with van der Waals surface area (Å²) in [5.41, 5.74) is 0.658. The highest BCUT2D eigenvalue weighted by atomic mass is 16.5. The van der Waals surface area contributed by atoms with Crippen molar-refractivity contribution in [3.63, 3.8) is 0 Å². The van der Waals surface area contributed by atoms with Gasteiger partial charge in [-0.15, -0.1) is 0 Å². The van der Waals surface area contributed by atoms with Crippen molar-refractivity contribution < 1.29 is 4.74 Å². The molecule has 2 aliphatic heterocycles. The first-order valence-corrected chi connectivity index (χ1v) is 7.61. The molecule has 112 valence electrons. The highest BCUT2D eigenvalue weighted by Gasteiger charge is 2.38. The lowest BCUT2D eigenvalue weighted by Crippen LogP contribution is -2.60. The second-order valence-electron chi connectivity index (χ2n) is 7.13. The van der Waals surface area contributed by atoms with Crippen LogP contribution in [0.15, 0.2) is 0 Å². The van der Waals surface area contributed by atoms with E-state index < -0.39 is 0 Å². The summed E-state index contributed by atoms with van der Waals surface area (Å²) < 4.78 is 5.53. The van der Waals surface area contributed by atoms with E-state index >= 15 is 0 Å². The maximum atomic E-state index is 5.53. The molecule has 0 aromatic heterocycles. The SMILES string of the molecule is COCC1(CN2CCN(C)C(C)(C)C2)CCNCC1. The van der Waals surface area contributed by atoms with E-state index in [9.17, 15) is 0 Å². The van der Waals surface area contributed by atoms with Crippen LogP contribution in [0.3, 0.4) is 0 Å². The molecule has 4 nitrogen and oxygen atoms in total. The maximum absolute atomic E-state index is 5.53. The summed E-state index contributed by atoms with van der Waals surface area (Å²) in [7, 11) is 4.09. The monoisotopic (exact) mass is 269 g/mol. The summed E-state index contributed by atoms with van der Waals surface area (Å²) >= 11 is 0. The number of methoxy groups -OCH3 is 1. The molecule has 0 spiro atoms. The van der Waals surface area contributed by atoms with Crippen LogP contribution in [-0.4, -0.2) is 75.4 Å². The third kappa shape index (κ3) is 3.69. The standard InChI is InChI=1S/C15H31N3O/c1-14(2)11-18(10-9-17(14)3)12-15(13-19-4)5-7-16-8-6-15/h16H,5-13H2,1-4H3. The Labute approximate surface area is 118 Å². The van der Waals surface area contributed by atoms with Gasteiger partial charge in [-0.2, -0.15) is 0 Å². The van der Waals surface area contributed by atoms with Crippen LogP contribution in [0.25, 0.3) is 0 Å². The topological polar surface area (TPSA) is 27.7 Å². The number of piperidine rings is 1. The van der Waals surface area contributed by atoms with Gasteiger partial charge in [-0.05, 0) is 46.8 Å². The van der Waals surface area contributed by atoms with E-state index in [0.717, 1.165) is 19.7 Å². The summed E-state index contributed by atoms with van der Waals surface area (Å²) in [6, 6.07) is 0. The summed E-state index contributed by atoms with van der Waals surface area (Å²) in [5.74, 6) is 0. The van der Waals surface area contributed by atoms with Gasteiger partial charge >= 0.3 is 0 Å². The quantitative estimate of drug-likeness (QED) is 0.825. The molecular weight excluding hydrogens is 238 g/mol. The van der Waals surface area contributed by atoms with Crippen LogP contribution in [0.4, 0.5) is 0 Å². The Morgan fingerprint density at radius 3 is 2.42 bits per heavy atom. The van der Waals surface area contributed by atoms with E-state index in [4.69, 9.17) is 4.74 Å². The Kier molecular flexibility index (Phi) is 4.88. The van der Waals surface area contributed by atoms with E-state index in [0.29, 0.717) is 11.0 Å². The zero-order valence-corrected chi connectivity index (χ0v) is 13.2. The molecule has 4 heteroatoms. The van der Waals surface area contributed by atoms with Gasteiger partial charge in [-0.3, -0.25) is 9.80 Å². The molecule has 2 fully saturated rings. The number of likely N-dealkylation sites (N-methyl/N-ethyl adjacent to an activating group) is 1. The third-order valence-electron chi connectivity index (χ3n) is 5.07. The second kappa shape index (κ2) is 6.08. The smallest absolute Gasteiger partial charge is 0.0531 e. The van der Waals surface area contributed by atoms with Crippen molar-refractivity contribution in [2.75, 3.05) is 60.0 Å². The predicted molar refractivity (Wildman–Crippen MR) is 79.6 cm³/mol. The highest BCUT2D eigenvalue weighted by Crippen LogP contribution is 2.32. The normalized spacial score (nSPS) is 28.4. The van der Waals surface area contributed by atoms with Gasteiger partial charge in [0.1, 0.15) is 0 Å². The molecule has 2 saturated heterocycles. The fourth-order valence-electron chi connectivity index (χ4n) is 3.56. The van der Waals surface area contributed by atoms with E-state index in [2.05, 4.69) is 36.0 Å². The summed E-state index contributed by atoms with van der Waals surface area (Å²) in [6.07, 6.45) is 2.49. The Morgan fingerprint density at radius 1 is 1.16 bits per heavy atom. The number of nitrogens with zero attached hydrogens (tertiary/aromatic N) is 2. The predicted octanol–water partition coefficient (Wildman–Crippen LogP) is 1.03. The largest absolute Gasteiger partial charge is 0.384 e. The van der Waals surface area contributed by atoms with E-state index in [1.165, 1.54) is 39.0 Å². The number of ether oxygens (including phenoxy) is 1. The Balaban J connectivity index is 1.97. The minimum atomic E-state index is 0.291. The van der Waals surface area contributed by atoms with Crippen molar-refractivity contribution in [3.8, 4) is 0 Å². The average molecular weight is 269 g/mol. The number of rotatable bonds is 4. The Bertz CT molecular complexity index is 282. The molecule has 0 bridgehead atoms. The van der Waals surface area contributed by atoms with Gasteiger partial charge in [0.15, 0.2) is 0 Å². The van der Waals surface area contributed by atoms with E-state index in [1.807, 2.05) is 7.11 Å². The fourth-order valence-corrected chi connectivity index (χ4v) is 3.56. The van der Waals surface area contributed by atoms with Crippen molar-refractivity contribution in [3.05, 3.63) is 0 Å². The maximum Gasteiger partial charge on any atom is 0.0531 e. The molecule has 0 aliphatic carbocycles. The fraction of sp³-hybridized carbons (Fsp3) is 1.00. The van der Waals surface area contributed by atoms with Crippen LogP contribution in [0.2, 0.25) is 0 Å².